The molecule has 2 aromatic carbocycles. The maximum Gasteiger partial charge on any atom is 0.338 e. The lowest BCUT2D eigenvalue weighted by Gasteiger charge is -2.30. The van der Waals surface area contributed by atoms with Gasteiger partial charge >= 0.3 is 5.97 Å². The first-order chi connectivity index (χ1) is 13.6. The number of fused-ring (bicyclic) bond motifs is 1. The zero-order valence-electron chi connectivity index (χ0n) is 15.8. The van der Waals surface area contributed by atoms with E-state index in [1.54, 1.807) is 24.0 Å². The van der Waals surface area contributed by atoms with Crippen molar-refractivity contribution in [2.75, 3.05) is 18.1 Å². The number of nitrogens with zero attached hydrogens (tertiary/aromatic N) is 1. The Bertz CT molecular complexity index is 862. The molecule has 1 saturated heterocycles. The van der Waals surface area contributed by atoms with Crippen LogP contribution in [-0.2, 0) is 22.5 Å². The molecular formula is C22H23NO3S2. The van der Waals surface area contributed by atoms with Gasteiger partial charge in [0.25, 0.3) is 5.91 Å². The molecule has 0 aliphatic carbocycles. The van der Waals surface area contributed by atoms with Crippen LogP contribution in [0.4, 0.5) is 0 Å². The smallest absolute Gasteiger partial charge is 0.338 e. The van der Waals surface area contributed by atoms with Crippen molar-refractivity contribution in [1.82, 2.24) is 4.90 Å². The summed E-state index contributed by atoms with van der Waals surface area (Å²) < 4.78 is 5.92. The summed E-state index contributed by atoms with van der Waals surface area (Å²) in [6.07, 6.45) is 0.0414. The fourth-order valence-electron chi connectivity index (χ4n) is 3.55. The molecule has 1 fully saturated rings. The molecule has 0 saturated carbocycles. The number of rotatable bonds is 4. The van der Waals surface area contributed by atoms with Gasteiger partial charge in [0.1, 0.15) is 0 Å². The van der Waals surface area contributed by atoms with Gasteiger partial charge in [0.2, 0.25) is 0 Å². The molecule has 0 spiro atoms. The zero-order chi connectivity index (χ0) is 19.5. The van der Waals surface area contributed by atoms with E-state index in [1.165, 1.54) is 28.2 Å². The summed E-state index contributed by atoms with van der Waals surface area (Å²) in [4.78, 5) is 27.0. The highest BCUT2D eigenvalue weighted by Gasteiger charge is 2.27. The maximum absolute atomic E-state index is 12.7. The third-order valence-corrected chi connectivity index (χ3v) is 8.22. The molecule has 0 aromatic heterocycles. The molecule has 2 aliphatic rings. The summed E-state index contributed by atoms with van der Waals surface area (Å²) in [5, 5.41) is 0. The van der Waals surface area contributed by atoms with Crippen molar-refractivity contribution in [2.45, 2.75) is 30.6 Å². The quantitative estimate of drug-likeness (QED) is 0.700. The Morgan fingerprint density at radius 3 is 2.43 bits per heavy atom. The van der Waals surface area contributed by atoms with E-state index in [0.717, 1.165) is 6.42 Å². The summed E-state index contributed by atoms with van der Waals surface area (Å²) >= 11 is 3.86. The molecule has 4 rings (SSSR count). The van der Waals surface area contributed by atoms with Crippen molar-refractivity contribution >= 4 is 35.4 Å². The third kappa shape index (κ3) is 4.23. The number of ether oxygens (including phenoxy) is 1. The van der Waals surface area contributed by atoms with E-state index in [0.29, 0.717) is 23.2 Å². The molecule has 6 heteroatoms. The first-order valence-corrected chi connectivity index (χ1v) is 11.6. The Morgan fingerprint density at radius 2 is 1.71 bits per heavy atom. The van der Waals surface area contributed by atoms with Gasteiger partial charge in [-0.25, -0.2) is 4.79 Å². The van der Waals surface area contributed by atoms with Crippen molar-refractivity contribution in [3.8, 4) is 0 Å². The van der Waals surface area contributed by atoms with Crippen LogP contribution in [0.25, 0.3) is 0 Å². The number of thioether (sulfide) groups is 2. The molecule has 0 N–H and O–H groups in total. The molecule has 0 unspecified atom stereocenters. The Kier molecular flexibility index (Phi) is 5.97. The van der Waals surface area contributed by atoms with Crippen molar-refractivity contribution in [2.24, 2.45) is 0 Å². The lowest BCUT2D eigenvalue weighted by atomic mass is 9.99. The Hall–Kier alpha value is -1.92. The highest BCUT2D eigenvalue weighted by atomic mass is 32.2. The molecule has 4 nitrogen and oxygen atoms in total. The standard InChI is InChI=1S/C22H23NO3S2/c1-15(20(24)23-11-10-16-4-2-3-5-19(16)14-23)26-21(25)17-6-8-18(9-7-17)22-27-12-13-28-22/h2-9,15,22H,10-14H2,1H3/t15-/m0/s1. The summed E-state index contributed by atoms with van der Waals surface area (Å²) in [5.74, 6) is 1.74. The van der Waals surface area contributed by atoms with Crippen LogP contribution in [0.5, 0.6) is 0 Å². The van der Waals surface area contributed by atoms with Crippen LogP contribution in [0.1, 0.15) is 38.6 Å². The van der Waals surface area contributed by atoms with Gasteiger partial charge in [-0.1, -0.05) is 36.4 Å². The number of carbonyl (C=O) groups excluding carboxylic acids is 2. The Balaban J connectivity index is 1.35. The minimum Gasteiger partial charge on any atom is -0.449 e. The van der Waals surface area contributed by atoms with Crippen molar-refractivity contribution < 1.29 is 14.3 Å². The minimum atomic E-state index is -0.793. The summed E-state index contributed by atoms with van der Waals surface area (Å²) in [6, 6.07) is 15.7. The monoisotopic (exact) mass is 413 g/mol. The van der Waals surface area contributed by atoms with E-state index >= 15 is 0 Å². The normalized spacial score (nSPS) is 17.8. The van der Waals surface area contributed by atoms with Gasteiger partial charge in [-0.3, -0.25) is 4.79 Å². The number of hydrogen-bond acceptors (Lipinski definition) is 5. The van der Waals surface area contributed by atoms with Crippen LogP contribution in [0.2, 0.25) is 0 Å². The predicted molar refractivity (Wildman–Crippen MR) is 115 cm³/mol. The van der Waals surface area contributed by atoms with Crippen LogP contribution >= 0.6 is 23.5 Å². The highest BCUT2D eigenvalue weighted by Crippen LogP contribution is 2.45. The second-order valence-corrected chi connectivity index (χ2v) is 9.75. The second-order valence-electron chi connectivity index (χ2n) is 7.02. The van der Waals surface area contributed by atoms with Crippen LogP contribution in [0.15, 0.2) is 48.5 Å². The first-order valence-electron chi connectivity index (χ1n) is 9.51. The lowest BCUT2D eigenvalue weighted by Crippen LogP contribution is -2.42. The zero-order valence-corrected chi connectivity index (χ0v) is 17.4. The first kappa shape index (κ1) is 19.4. The van der Waals surface area contributed by atoms with Crippen LogP contribution in [0.3, 0.4) is 0 Å². The number of benzene rings is 2. The molecule has 28 heavy (non-hydrogen) atoms. The number of amides is 1. The molecule has 2 aliphatic heterocycles. The summed E-state index contributed by atoms with van der Waals surface area (Å²) in [5.41, 5.74) is 4.16. The van der Waals surface area contributed by atoms with Gasteiger partial charge in [-0.05, 0) is 42.2 Å². The molecule has 0 radical (unpaired) electrons. The molecule has 1 atom stereocenters. The van der Waals surface area contributed by atoms with Gasteiger partial charge in [-0.15, -0.1) is 23.5 Å². The van der Waals surface area contributed by atoms with E-state index in [1.807, 2.05) is 53.9 Å². The number of esters is 1. The molecule has 1 amide bonds. The van der Waals surface area contributed by atoms with Gasteiger partial charge in [0.05, 0.1) is 10.1 Å². The van der Waals surface area contributed by atoms with Crippen molar-refractivity contribution in [3.05, 3.63) is 70.8 Å². The Labute approximate surface area is 174 Å². The van der Waals surface area contributed by atoms with E-state index in [2.05, 4.69) is 6.07 Å². The van der Waals surface area contributed by atoms with E-state index in [9.17, 15) is 9.59 Å². The van der Waals surface area contributed by atoms with Gasteiger partial charge < -0.3 is 9.64 Å². The molecule has 2 heterocycles. The van der Waals surface area contributed by atoms with Crippen LogP contribution in [0, 0.1) is 0 Å². The topological polar surface area (TPSA) is 46.6 Å². The minimum absolute atomic E-state index is 0.141. The average molecular weight is 414 g/mol. The number of carbonyl (C=O) groups is 2. The van der Waals surface area contributed by atoms with Gasteiger partial charge in [-0.2, -0.15) is 0 Å². The van der Waals surface area contributed by atoms with Crippen molar-refractivity contribution in [3.63, 3.8) is 0 Å². The SMILES string of the molecule is C[C@H](OC(=O)c1ccc(C2SCCS2)cc1)C(=O)N1CCc2ccccc2C1. The molecule has 2 aromatic rings. The largest absolute Gasteiger partial charge is 0.449 e. The molecule has 146 valence electrons. The van der Waals surface area contributed by atoms with Gasteiger partial charge in [0, 0.05) is 24.6 Å². The third-order valence-electron chi connectivity index (χ3n) is 5.11. The number of hydrogen-bond donors (Lipinski definition) is 0. The predicted octanol–water partition coefficient (Wildman–Crippen LogP) is 4.30. The molecular weight excluding hydrogens is 390 g/mol. The fraction of sp³-hybridized carbons (Fsp3) is 0.364. The van der Waals surface area contributed by atoms with Crippen LogP contribution in [-0.4, -0.2) is 40.9 Å². The maximum atomic E-state index is 12.7. The Morgan fingerprint density at radius 1 is 1.04 bits per heavy atom. The summed E-state index contributed by atoms with van der Waals surface area (Å²) in [6.45, 7) is 2.88. The highest BCUT2D eigenvalue weighted by molar-refractivity contribution is 8.19. The summed E-state index contributed by atoms with van der Waals surface area (Å²) in [7, 11) is 0. The van der Waals surface area contributed by atoms with E-state index < -0.39 is 12.1 Å². The van der Waals surface area contributed by atoms with Gasteiger partial charge in [0.15, 0.2) is 6.10 Å². The fourth-order valence-corrected chi connectivity index (χ4v) is 6.41. The molecule has 0 bridgehead atoms. The average Bonchev–Trinajstić information content (AvgIpc) is 3.28. The second kappa shape index (κ2) is 8.62. The van der Waals surface area contributed by atoms with Crippen LogP contribution < -0.4 is 0 Å². The van der Waals surface area contributed by atoms with E-state index in [4.69, 9.17) is 4.74 Å². The lowest BCUT2D eigenvalue weighted by molar-refractivity contribution is -0.140. The van der Waals surface area contributed by atoms with E-state index in [-0.39, 0.29) is 5.91 Å². The van der Waals surface area contributed by atoms with Crippen molar-refractivity contribution in [1.29, 1.82) is 0 Å².